The lowest BCUT2D eigenvalue weighted by Crippen LogP contribution is -2.00. The second kappa shape index (κ2) is 6.00. The van der Waals surface area contributed by atoms with E-state index in [0.717, 1.165) is 11.4 Å². The number of carbonyl (C=O) groups is 1. The van der Waals surface area contributed by atoms with Crippen molar-refractivity contribution in [1.82, 2.24) is 14.8 Å². The van der Waals surface area contributed by atoms with E-state index in [1.807, 2.05) is 42.6 Å². The molecule has 0 unspecified atom stereocenters. The van der Waals surface area contributed by atoms with Crippen LogP contribution >= 0.6 is 0 Å². The molecule has 0 radical (unpaired) electrons. The third-order valence-corrected chi connectivity index (χ3v) is 2.93. The number of aldehydes is 1. The predicted molar refractivity (Wildman–Crippen MR) is 77.5 cm³/mol. The molecule has 0 saturated heterocycles. The molecule has 5 nitrogen and oxygen atoms in total. The number of rotatable bonds is 5. The Morgan fingerprint density at radius 3 is 2.67 bits per heavy atom. The first-order valence-electron chi connectivity index (χ1n) is 6.49. The number of carbonyl (C=O) groups excluding carboxylic acids is 1. The van der Waals surface area contributed by atoms with Crippen LogP contribution in [0.15, 0.2) is 60.9 Å². The lowest BCUT2D eigenvalue weighted by Gasteiger charge is -2.03. The second-order valence-corrected chi connectivity index (χ2v) is 4.41. The van der Waals surface area contributed by atoms with Crippen molar-refractivity contribution in [2.75, 3.05) is 0 Å². The molecule has 0 spiro atoms. The second-order valence-electron chi connectivity index (χ2n) is 4.41. The zero-order valence-corrected chi connectivity index (χ0v) is 11.2. The topological polar surface area (TPSA) is 57.0 Å². The number of hydrogen-bond acceptors (Lipinski definition) is 4. The highest BCUT2D eigenvalue weighted by Crippen LogP contribution is 2.12. The maximum absolute atomic E-state index is 10.5. The van der Waals surface area contributed by atoms with Gasteiger partial charge in [-0.1, -0.05) is 18.2 Å². The minimum Gasteiger partial charge on any atom is -0.486 e. The largest absolute Gasteiger partial charge is 0.486 e. The summed E-state index contributed by atoms with van der Waals surface area (Å²) in [6.07, 6.45) is 4.12. The normalized spacial score (nSPS) is 10.3. The maximum Gasteiger partial charge on any atom is 0.168 e. The van der Waals surface area contributed by atoms with Crippen LogP contribution in [-0.2, 0) is 6.61 Å². The zero-order valence-electron chi connectivity index (χ0n) is 11.2. The number of aromatic nitrogens is 3. The lowest BCUT2D eigenvalue weighted by molar-refractivity contribution is 0.111. The van der Waals surface area contributed by atoms with Gasteiger partial charge in [0.2, 0.25) is 0 Å². The Bertz CT molecular complexity index is 721. The Balaban J connectivity index is 1.66. The standard InChI is InChI=1S/C16H13N3O2/c20-11-13-6-7-16(10-17-13)21-12-14-8-9-19(18-14)15-4-2-1-3-5-15/h1-11H,12H2. The maximum atomic E-state index is 10.5. The molecule has 1 aromatic carbocycles. The van der Waals surface area contributed by atoms with Crippen LogP contribution in [0, 0.1) is 0 Å². The summed E-state index contributed by atoms with van der Waals surface area (Å²) in [7, 11) is 0. The fourth-order valence-corrected chi connectivity index (χ4v) is 1.87. The number of pyridine rings is 1. The van der Waals surface area contributed by atoms with Crippen LogP contribution < -0.4 is 4.74 Å². The van der Waals surface area contributed by atoms with E-state index in [1.54, 1.807) is 16.8 Å². The average Bonchev–Trinajstić information content (AvgIpc) is 3.03. The third-order valence-electron chi connectivity index (χ3n) is 2.93. The van der Waals surface area contributed by atoms with E-state index >= 15 is 0 Å². The van der Waals surface area contributed by atoms with E-state index in [9.17, 15) is 4.79 Å². The summed E-state index contributed by atoms with van der Waals surface area (Å²) in [4.78, 5) is 14.5. The quantitative estimate of drug-likeness (QED) is 0.674. The van der Waals surface area contributed by atoms with Gasteiger partial charge in [0.15, 0.2) is 6.29 Å². The van der Waals surface area contributed by atoms with Crippen molar-refractivity contribution < 1.29 is 9.53 Å². The molecule has 2 aromatic heterocycles. The molecular formula is C16H13N3O2. The molecule has 0 N–H and O–H groups in total. The van der Waals surface area contributed by atoms with Crippen LogP contribution in [0.1, 0.15) is 16.2 Å². The van der Waals surface area contributed by atoms with E-state index in [4.69, 9.17) is 4.74 Å². The smallest absolute Gasteiger partial charge is 0.168 e. The van der Waals surface area contributed by atoms with Crippen LogP contribution in [0.2, 0.25) is 0 Å². The fraction of sp³-hybridized carbons (Fsp3) is 0.0625. The van der Waals surface area contributed by atoms with Gasteiger partial charge in [0.05, 0.1) is 11.9 Å². The van der Waals surface area contributed by atoms with Crippen molar-refractivity contribution in [3.8, 4) is 11.4 Å². The number of nitrogens with zero attached hydrogens (tertiary/aromatic N) is 3. The summed E-state index contributed by atoms with van der Waals surface area (Å²) in [5.74, 6) is 0.606. The van der Waals surface area contributed by atoms with Crippen LogP contribution in [0.5, 0.6) is 5.75 Å². The number of benzene rings is 1. The lowest BCUT2D eigenvalue weighted by atomic mass is 10.3. The third kappa shape index (κ3) is 3.14. The molecule has 0 saturated carbocycles. The molecule has 0 fully saturated rings. The summed E-state index contributed by atoms with van der Waals surface area (Å²) < 4.78 is 7.38. The Morgan fingerprint density at radius 1 is 1.10 bits per heavy atom. The molecule has 0 bridgehead atoms. The van der Waals surface area contributed by atoms with Gasteiger partial charge in [0, 0.05) is 6.20 Å². The van der Waals surface area contributed by atoms with E-state index in [0.29, 0.717) is 24.3 Å². The van der Waals surface area contributed by atoms with Gasteiger partial charge in [-0.05, 0) is 30.3 Å². The number of hydrogen-bond donors (Lipinski definition) is 0. The van der Waals surface area contributed by atoms with E-state index in [-0.39, 0.29) is 0 Å². The Morgan fingerprint density at radius 2 is 1.95 bits per heavy atom. The van der Waals surface area contributed by atoms with Gasteiger partial charge >= 0.3 is 0 Å². The molecule has 104 valence electrons. The highest BCUT2D eigenvalue weighted by molar-refractivity contribution is 5.71. The molecule has 0 aliphatic rings. The van der Waals surface area contributed by atoms with Gasteiger partial charge in [-0.25, -0.2) is 9.67 Å². The fourth-order valence-electron chi connectivity index (χ4n) is 1.87. The highest BCUT2D eigenvalue weighted by Gasteiger charge is 2.02. The number of ether oxygens (including phenoxy) is 1. The minimum absolute atomic E-state index is 0.349. The van der Waals surface area contributed by atoms with Crippen molar-refractivity contribution in [1.29, 1.82) is 0 Å². The molecule has 0 amide bonds. The Hall–Kier alpha value is -2.95. The monoisotopic (exact) mass is 279 g/mol. The van der Waals surface area contributed by atoms with Crippen LogP contribution in [0.4, 0.5) is 0 Å². The Labute approximate surface area is 121 Å². The summed E-state index contributed by atoms with van der Waals surface area (Å²) >= 11 is 0. The highest BCUT2D eigenvalue weighted by atomic mass is 16.5. The van der Waals surface area contributed by atoms with Crippen LogP contribution in [-0.4, -0.2) is 21.1 Å². The summed E-state index contributed by atoms with van der Waals surface area (Å²) in [6.45, 7) is 0.349. The molecule has 21 heavy (non-hydrogen) atoms. The van der Waals surface area contributed by atoms with Gasteiger partial charge in [0.1, 0.15) is 23.7 Å². The SMILES string of the molecule is O=Cc1ccc(OCc2ccn(-c3ccccc3)n2)cn1. The average molecular weight is 279 g/mol. The Kier molecular flexibility index (Phi) is 3.73. The van der Waals surface area contributed by atoms with Crippen LogP contribution in [0.25, 0.3) is 5.69 Å². The molecule has 0 aliphatic heterocycles. The van der Waals surface area contributed by atoms with Gasteiger partial charge in [-0.2, -0.15) is 5.10 Å². The summed E-state index contributed by atoms with van der Waals surface area (Å²) in [5.41, 5.74) is 2.20. The van der Waals surface area contributed by atoms with Crippen molar-refractivity contribution in [2.45, 2.75) is 6.61 Å². The van der Waals surface area contributed by atoms with E-state index in [1.165, 1.54) is 6.20 Å². The summed E-state index contributed by atoms with van der Waals surface area (Å²) in [6, 6.07) is 15.1. The van der Waals surface area contributed by atoms with Gasteiger partial charge in [-0.3, -0.25) is 4.79 Å². The van der Waals surface area contributed by atoms with Crippen molar-refractivity contribution in [3.63, 3.8) is 0 Å². The molecule has 3 rings (SSSR count). The van der Waals surface area contributed by atoms with Gasteiger partial charge in [0.25, 0.3) is 0 Å². The number of para-hydroxylation sites is 1. The van der Waals surface area contributed by atoms with E-state index < -0.39 is 0 Å². The van der Waals surface area contributed by atoms with Crippen LogP contribution in [0.3, 0.4) is 0 Å². The van der Waals surface area contributed by atoms with Crippen molar-refractivity contribution in [3.05, 3.63) is 72.3 Å². The predicted octanol–water partition coefficient (Wildman–Crippen LogP) is 2.66. The molecule has 3 aromatic rings. The zero-order chi connectivity index (χ0) is 14.5. The first-order chi connectivity index (χ1) is 10.3. The van der Waals surface area contributed by atoms with Gasteiger partial charge < -0.3 is 4.74 Å². The molecular weight excluding hydrogens is 266 g/mol. The molecule has 2 heterocycles. The van der Waals surface area contributed by atoms with E-state index in [2.05, 4.69) is 10.1 Å². The van der Waals surface area contributed by atoms with Gasteiger partial charge in [-0.15, -0.1) is 0 Å². The molecule has 5 heteroatoms. The summed E-state index contributed by atoms with van der Waals surface area (Å²) in [5, 5.41) is 4.44. The molecule has 0 atom stereocenters. The first kappa shape index (κ1) is 13.1. The van der Waals surface area contributed by atoms with Crippen molar-refractivity contribution >= 4 is 6.29 Å². The minimum atomic E-state index is 0.349. The van der Waals surface area contributed by atoms with Crippen molar-refractivity contribution in [2.24, 2.45) is 0 Å². The first-order valence-corrected chi connectivity index (χ1v) is 6.49. The molecule has 0 aliphatic carbocycles.